The number of rotatable bonds is 4. The van der Waals surface area contributed by atoms with Crippen molar-refractivity contribution in [2.45, 2.75) is 13.3 Å². The van der Waals surface area contributed by atoms with E-state index in [9.17, 15) is 4.39 Å². The smallest absolute Gasteiger partial charge is 0.141 e. The van der Waals surface area contributed by atoms with Crippen LogP contribution in [0.5, 0.6) is 0 Å². The first kappa shape index (κ1) is 12.5. The van der Waals surface area contributed by atoms with Crippen LogP contribution in [-0.2, 0) is 6.42 Å². The molecule has 0 heterocycles. The lowest BCUT2D eigenvalue weighted by Crippen LogP contribution is -2.18. The van der Waals surface area contributed by atoms with Crippen LogP contribution in [0.4, 0.5) is 4.39 Å². The molecule has 0 aliphatic carbocycles. The third-order valence-corrected chi connectivity index (χ3v) is 3.29. The fourth-order valence-corrected chi connectivity index (χ4v) is 1.70. The standard InChI is InChI=1S/C12H13Cl2F/c1-3-12(2,8-13)7-9-4-5-11(15)10(14)6-9/h3-6H,1,7-8H2,2H3. The summed E-state index contributed by atoms with van der Waals surface area (Å²) in [5, 5.41) is 0.147. The molecule has 0 amide bonds. The van der Waals surface area contributed by atoms with Crippen LogP contribution in [0.3, 0.4) is 0 Å². The van der Waals surface area contributed by atoms with Gasteiger partial charge in [0.1, 0.15) is 5.82 Å². The van der Waals surface area contributed by atoms with Crippen molar-refractivity contribution < 1.29 is 4.39 Å². The summed E-state index contributed by atoms with van der Waals surface area (Å²) in [7, 11) is 0. The molecular formula is C12H13Cl2F. The summed E-state index contributed by atoms with van der Waals surface area (Å²) in [6, 6.07) is 4.72. The van der Waals surface area contributed by atoms with Crippen molar-refractivity contribution in [2.75, 3.05) is 5.88 Å². The highest BCUT2D eigenvalue weighted by atomic mass is 35.5. The molecule has 0 nitrogen and oxygen atoms in total. The molecule has 0 aliphatic rings. The summed E-state index contributed by atoms with van der Waals surface area (Å²) in [6.07, 6.45) is 2.53. The Morgan fingerprint density at radius 3 is 2.67 bits per heavy atom. The molecule has 3 heteroatoms. The quantitative estimate of drug-likeness (QED) is 0.544. The van der Waals surface area contributed by atoms with Crippen molar-refractivity contribution in [3.8, 4) is 0 Å². The Labute approximate surface area is 99.7 Å². The van der Waals surface area contributed by atoms with Crippen LogP contribution in [0.2, 0.25) is 5.02 Å². The highest BCUT2D eigenvalue weighted by Crippen LogP contribution is 2.27. The second-order valence-corrected chi connectivity index (χ2v) is 4.59. The molecule has 0 radical (unpaired) electrons. The van der Waals surface area contributed by atoms with Gasteiger partial charge in [0, 0.05) is 11.3 Å². The summed E-state index contributed by atoms with van der Waals surface area (Å²) in [6.45, 7) is 5.75. The molecular weight excluding hydrogens is 234 g/mol. The summed E-state index contributed by atoms with van der Waals surface area (Å²) < 4.78 is 12.9. The predicted octanol–water partition coefficient (Wildman–Crippen LogP) is 4.45. The lowest BCUT2D eigenvalue weighted by molar-refractivity contribution is 0.485. The topological polar surface area (TPSA) is 0 Å². The van der Waals surface area contributed by atoms with Gasteiger partial charge in [0.15, 0.2) is 0 Å². The van der Waals surface area contributed by atoms with E-state index in [0.29, 0.717) is 12.3 Å². The molecule has 0 aromatic heterocycles. The van der Waals surface area contributed by atoms with Crippen LogP contribution < -0.4 is 0 Å². The first-order valence-electron chi connectivity index (χ1n) is 4.64. The largest absolute Gasteiger partial charge is 0.205 e. The average molecular weight is 247 g/mol. The second kappa shape index (κ2) is 5.00. The fourth-order valence-electron chi connectivity index (χ4n) is 1.29. The molecule has 1 aromatic rings. The van der Waals surface area contributed by atoms with Gasteiger partial charge in [-0.15, -0.1) is 18.2 Å². The van der Waals surface area contributed by atoms with Gasteiger partial charge in [-0.1, -0.05) is 30.7 Å². The summed E-state index contributed by atoms with van der Waals surface area (Å²) in [4.78, 5) is 0. The molecule has 0 N–H and O–H groups in total. The summed E-state index contributed by atoms with van der Waals surface area (Å²) in [5.74, 6) is 0.0810. The Morgan fingerprint density at radius 2 is 2.20 bits per heavy atom. The van der Waals surface area contributed by atoms with Gasteiger partial charge in [0.25, 0.3) is 0 Å². The maximum Gasteiger partial charge on any atom is 0.141 e. The van der Waals surface area contributed by atoms with Crippen LogP contribution in [0, 0.1) is 11.2 Å². The Morgan fingerprint density at radius 1 is 1.53 bits per heavy atom. The summed E-state index contributed by atoms with van der Waals surface area (Å²) in [5.41, 5.74) is 0.785. The van der Waals surface area contributed by atoms with Crippen LogP contribution in [0.25, 0.3) is 0 Å². The minimum absolute atomic E-state index is 0.147. The van der Waals surface area contributed by atoms with E-state index in [4.69, 9.17) is 23.2 Å². The number of alkyl halides is 1. The molecule has 1 unspecified atom stereocenters. The second-order valence-electron chi connectivity index (χ2n) is 3.92. The molecule has 0 saturated heterocycles. The average Bonchev–Trinajstić information content (AvgIpc) is 2.23. The van der Waals surface area contributed by atoms with Crippen LogP contribution in [0.1, 0.15) is 12.5 Å². The highest BCUT2D eigenvalue weighted by Gasteiger charge is 2.19. The van der Waals surface area contributed by atoms with E-state index < -0.39 is 5.82 Å². The Bertz CT molecular complexity index is 363. The van der Waals surface area contributed by atoms with Gasteiger partial charge in [0.2, 0.25) is 0 Å². The van der Waals surface area contributed by atoms with Gasteiger partial charge < -0.3 is 0 Å². The Kier molecular flexibility index (Phi) is 4.18. The van der Waals surface area contributed by atoms with Crippen molar-refractivity contribution >= 4 is 23.2 Å². The molecule has 1 rings (SSSR count). The van der Waals surface area contributed by atoms with Gasteiger partial charge in [0.05, 0.1) is 5.02 Å². The SMILES string of the molecule is C=CC(C)(CCl)Cc1ccc(F)c(Cl)c1. The fraction of sp³-hybridized carbons (Fsp3) is 0.333. The van der Waals surface area contributed by atoms with Crippen molar-refractivity contribution in [3.63, 3.8) is 0 Å². The minimum atomic E-state index is -0.397. The number of benzene rings is 1. The van der Waals surface area contributed by atoms with Crippen LogP contribution >= 0.6 is 23.2 Å². The van der Waals surface area contributed by atoms with Crippen LogP contribution in [-0.4, -0.2) is 5.88 Å². The molecule has 0 saturated carbocycles. The Hall–Kier alpha value is -0.530. The van der Waals surface area contributed by atoms with E-state index >= 15 is 0 Å². The van der Waals surface area contributed by atoms with Gasteiger partial charge >= 0.3 is 0 Å². The molecule has 0 fully saturated rings. The monoisotopic (exact) mass is 246 g/mol. The van der Waals surface area contributed by atoms with E-state index in [1.54, 1.807) is 12.1 Å². The highest BCUT2D eigenvalue weighted by molar-refractivity contribution is 6.30. The first-order valence-corrected chi connectivity index (χ1v) is 5.55. The van der Waals surface area contributed by atoms with Gasteiger partial charge in [-0.05, 0) is 24.1 Å². The molecule has 82 valence electrons. The van der Waals surface area contributed by atoms with E-state index in [0.717, 1.165) is 5.56 Å². The normalized spacial score (nSPS) is 14.7. The van der Waals surface area contributed by atoms with Crippen molar-refractivity contribution in [1.29, 1.82) is 0 Å². The molecule has 0 aliphatic heterocycles. The van der Waals surface area contributed by atoms with Crippen molar-refractivity contribution in [1.82, 2.24) is 0 Å². The third-order valence-electron chi connectivity index (χ3n) is 2.39. The molecule has 15 heavy (non-hydrogen) atoms. The summed E-state index contributed by atoms with van der Waals surface area (Å²) >= 11 is 11.5. The molecule has 1 aromatic carbocycles. The third kappa shape index (κ3) is 3.22. The zero-order valence-electron chi connectivity index (χ0n) is 8.56. The number of hydrogen-bond acceptors (Lipinski definition) is 0. The Balaban J connectivity index is 2.89. The maximum absolute atomic E-state index is 12.9. The number of halogens is 3. The van der Waals surface area contributed by atoms with E-state index in [1.165, 1.54) is 6.07 Å². The number of allylic oxidation sites excluding steroid dienone is 1. The molecule has 1 atom stereocenters. The minimum Gasteiger partial charge on any atom is -0.205 e. The number of hydrogen-bond donors (Lipinski definition) is 0. The lowest BCUT2D eigenvalue weighted by atomic mass is 9.86. The van der Waals surface area contributed by atoms with Crippen molar-refractivity contribution in [2.24, 2.45) is 5.41 Å². The maximum atomic E-state index is 12.9. The zero-order valence-corrected chi connectivity index (χ0v) is 10.1. The predicted molar refractivity (Wildman–Crippen MR) is 64.1 cm³/mol. The van der Waals surface area contributed by atoms with E-state index in [-0.39, 0.29) is 10.4 Å². The van der Waals surface area contributed by atoms with E-state index in [2.05, 4.69) is 6.58 Å². The molecule has 0 bridgehead atoms. The first-order chi connectivity index (χ1) is 7.00. The van der Waals surface area contributed by atoms with Gasteiger partial charge in [-0.25, -0.2) is 4.39 Å². The van der Waals surface area contributed by atoms with Crippen molar-refractivity contribution in [3.05, 3.63) is 47.3 Å². The van der Waals surface area contributed by atoms with Crippen LogP contribution in [0.15, 0.2) is 30.9 Å². The van der Waals surface area contributed by atoms with E-state index in [1.807, 2.05) is 13.0 Å². The molecule has 0 spiro atoms. The van der Waals surface area contributed by atoms with Gasteiger partial charge in [-0.2, -0.15) is 0 Å². The lowest BCUT2D eigenvalue weighted by Gasteiger charge is -2.22. The van der Waals surface area contributed by atoms with Gasteiger partial charge in [-0.3, -0.25) is 0 Å². The zero-order chi connectivity index (χ0) is 11.5.